The molecule has 72 valence electrons. The minimum Gasteiger partial charge on any atom is -0.293 e. The first-order valence-corrected chi connectivity index (χ1v) is 5.05. The third kappa shape index (κ3) is 2.21. The van der Waals surface area contributed by atoms with Gasteiger partial charge in [-0.1, -0.05) is 22.0 Å². The van der Waals surface area contributed by atoms with Crippen molar-refractivity contribution in [3.05, 3.63) is 33.8 Å². The topological polar surface area (TPSA) is 40.9 Å². The third-order valence-electron chi connectivity index (χ3n) is 2.05. The van der Waals surface area contributed by atoms with Gasteiger partial charge in [0.1, 0.15) is 5.92 Å². The molecule has 1 aromatic rings. The zero-order chi connectivity index (χ0) is 10.7. The van der Waals surface area contributed by atoms with E-state index in [-0.39, 0.29) is 5.78 Å². The van der Waals surface area contributed by atoms with E-state index in [4.69, 9.17) is 5.26 Å². The van der Waals surface area contributed by atoms with Gasteiger partial charge in [-0.25, -0.2) is 0 Å². The number of carbonyl (C=O) groups excluding carboxylic acids is 1. The fourth-order valence-corrected chi connectivity index (χ4v) is 1.51. The molecule has 0 aromatic heterocycles. The van der Waals surface area contributed by atoms with Crippen LogP contribution in [0.5, 0.6) is 0 Å². The van der Waals surface area contributed by atoms with E-state index in [1.54, 1.807) is 13.0 Å². The van der Waals surface area contributed by atoms with Crippen molar-refractivity contribution in [3.8, 4) is 6.07 Å². The maximum absolute atomic E-state index is 11.7. The summed E-state index contributed by atoms with van der Waals surface area (Å²) in [5.41, 5.74) is 1.52. The van der Waals surface area contributed by atoms with Crippen LogP contribution >= 0.6 is 15.9 Å². The molecule has 0 aliphatic rings. The Morgan fingerprint density at radius 2 is 2.21 bits per heavy atom. The smallest absolute Gasteiger partial charge is 0.179 e. The van der Waals surface area contributed by atoms with Gasteiger partial charge in [0.15, 0.2) is 5.78 Å². The molecule has 2 nitrogen and oxygen atoms in total. The molecule has 1 aromatic carbocycles. The van der Waals surface area contributed by atoms with Crippen molar-refractivity contribution in [2.24, 2.45) is 5.92 Å². The molecule has 0 amide bonds. The summed E-state index contributed by atoms with van der Waals surface area (Å²) in [5.74, 6) is -0.700. The van der Waals surface area contributed by atoms with Gasteiger partial charge in [-0.3, -0.25) is 4.79 Å². The number of Topliss-reactive ketones (excluding diaryl/α,β-unsaturated/α-hetero) is 1. The van der Waals surface area contributed by atoms with Gasteiger partial charge in [0, 0.05) is 10.0 Å². The van der Waals surface area contributed by atoms with Crippen LogP contribution in [0.1, 0.15) is 22.8 Å². The van der Waals surface area contributed by atoms with Crippen LogP contribution in [0.2, 0.25) is 0 Å². The summed E-state index contributed by atoms with van der Waals surface area (Å²) in [4.78, 5) is 11.7. The minimum atomic E-state index is -0.581. The average molecular weight is 252 g/mol. The molecule has 0 saturated heterocycles. The van der Waals surface area contributed by atoms with Crippen LogP contribution in [0.3, 0.4) is 0 Å². The maximum Gasteiger partial charge on any atom is 0.179 e. The van der Waals surface area contributed by atoms with E-state index in [0.717, 1.165) is 10.0 Å². The molecule has 0 fully saturated rings. The summed E-state index contributed by atoms with van der Waals surface area (Å²) in [6.45, 7) is 3.48. The molecular formula is C11H10BrNO. The van der Waals surface area contributed by atoms with Crippen LogP contribution in [0.4, 0.5) is 0 Å². The zero-order valence-electron chi connectivity index (χ0n) is 8.04. The Bertz CT molecular complexity index is 406. The second kappa shape index (κ2) is 4.39. The number of benzene rings is 1. The molecule has 1 atom stereocenters. The van der Waals surface area contributed by atoms with Crippen LogP contribution in [-0.4, -0.2) is 5.78 Å². The molecule has 0 radical (unpaired) electrons. The monoisotopic (exact) mass is 251 g/mol. The number of rotatable bonds is 2. The van der Waals surface area contributed by atoms with Crippen LogP contribution in [0.15, 0.2) is 22.7 Å². The fourth-order valence-electron chi connectivity index (χ4n) is 1.15. The number of carbonyl (C=O) groups is 1. The highest BCUT2D eigenvalue weighted by Crippen LogP contribution is 2.18. The van der Waals surface area contributed by atoms with Crippen molar-refractivity contribution < 1.29 is 4.79 Å². The van der Waals surface area contributed by atoms with Crippen LogP contribution in [0, 0.1) is 24.2 Å². The largest absolute Gasteiger partial charge is 0.293 e. The highest BCUT2D eigenvalue weighted by Gasteiger charge is 2.16. The third-order valence-corrected chi connectivity index (χ3v) is 2.55. The van der Waals surface area contributed by atoms with Crippen molar-refractivity contribution in [2.75, 3.05) is 0 Å². The Hall–Kier alpha value is -1.14. The summed E-state index contributed by atoms with van der Waals surface area (Å²) >= 11 is 3.30. The number of hydrogen-bond donors (Lipinski definition) is 0. The number of nitrogens with zero attached hydrogens (tertiary/aromatic N) is 1. The molecule has 14 heavy (non-hydrogen) atoms. The maximum atomic E-state index is 11.7. The molecule has 0 aliphatic carbocycles. The first-order chi connectivity index (χ1) is 6.56. The molecule has 0 N–H and O–H groups in total. The Balaban J connectivity index is 3.14. The number of nitriles is 1. The van der Waals surface area contributed by atoms with Gasteiger partial charge in [-0.05, 0) is 31.5 Å². The Kier molecular flexibility index (Phi) is 3.43. The quantitative estimate of drug-likeness (QED) is 0.759. The molecule has 0 heterocycles. The van der Waals surface area contributed by atoms with Crippen LogP contribution in [-0.2, 0) is 0 Å². The lowest BCUT2D eigenvalue weighted by Gasteiger charge is -2.06. The van der Waals surface area contributed by atoms with E-state index in [9.17, 15) is 4.79 Å². The summed E-state index contributed by atoms with van der Waals surface area (Å²) in [6, 6.07) is 7.44. The number of aryl methyl sites for hydroxylation is 1. The first kappa shape index (κ1) is 10.9. The van der Waals surface area contributed by atoms with Crippen molar-refractivity contribution >= 4 is 21.7 Å². The van der Waals surface area contributed by atoms with E-state index in [1.165, 1.54) is 0 Å². The average Bonchev–Trinajstić information content (AvgIpc) is 2.19. The standard InChI is InChI=1S/C11H10BrNO/c1-7-3-4-9(12)5-10(7)11(14)8(2)6-13/h3-5,8H,1-2H3. The number of halogens is 1. The summed E-state index contributed by atoms with van der Waals surface area (Å²) in [6.07, 6.45) is 0. The molecule has 0 saturated carbocycles. The van der Waals surface area contributed by atoms with Crippen molar-refractivity contribution in [1.82, 2.24) is 0 Å². The van der Waals surface area contributed by atoms with Gasteiger partial charge in [0.05, 0.1) is 6.07 Å². The van der Waals surface area contributed by atoms with Crippen molar-refractivity contribution in [2.45, 2.75) is 13.8 Å². The highest BCUT2D eigenvalue weighted by molar-refractivity contribution is 9.10. The fraction of sp³-hybridized carbons (Fsp3) is 0.273. The second-order valence-corrected chi connectivity index (χ2v) is 4.09. The number of hydrogen-bond acceptors (Lipinski definition) is 2. The van der Waals surface area contributed by atoms with Gasteiger partial charge < -0.3 is 0 Å². The molecule has 0 bridgehead atoms. The summed E-state index contributed by atoms with van der Waals surface area (Å²) in [5, 5.41) is 8.64. The van der Waals surface area contributed by atoms with Crippen LogP contribution in [0.25, 0.3) is 0 Å². The highest BCUT2D eigenvalue weighted by atomic mass is 79.9. The SMILES string of the molecule is Cc1ccc(Br)cc1C(=O)C(C)C#N. The lowest BCUT2D eigenvalue weighted by molar-refractivity contribution is 0.0956. The van der Waals surface area contributed by atoms with Crippen molar-refractivity contribution in [1.29, 1.82) is 5.26 Å². The summed E-state index contributed by atoms with van der Waals surface area (Å²) in [7, 11) is 0. The number of ketones is 1. The molecule has 3 heteroatoms. The zero-order valence-corrected chi connectivity index (χ0v) is 9.63. The second-order valence-electron chi connectivity index (χ2n) is 3.17. The predicted molar refractivity (Wildman–Crippen MR) is 58.0 cm³/mol. The van der Waals surface area contributed by atoms with Crippen LogP contribution < -0.4 is 0 Å². The molecule has 0 spiro atoms. The van der Waals surface area contributed by atoms with Crippen molar-refractivity contribution in [3.63, 3.8) is 0 Å². The van der Waals surface area contributed by atoms with E-state index in [0.29, 0.717) is 5.56 Å². The van der Waals surface area contributed by atoms with E-state index in [2.05, 4.69) is 15.9 Å². The Labute approximate surface area is 91.7 Å². The van der Waals surface area contributed by atoms with Gasteiger partial charge in [0.25, 0.3) is 0 Å². The summed E-state index contributed by atoms with van der Waals surface area (Å²) < 4.78 is 0.858. The van der Waals surface area contributed by atoms with Gasteiger partial charge in [-0.2, -0.15) is 5.26 Å². The predicted octanol–water partition coefficient (Wildman–Crippen LogP) is 3.10. The van der Waals surface area contributed by atoms with E-state index < -0.39 is 5.92 Å². The molecule has 1 unspecified atom stereocenters. The lowest BCUT2D eigenvalue weighted by atomic mass is 9.97. The van der Waals surface area contributed by atoms with E-state index in [1.807, 2.05) is 25.1 Å². The normalized spacial score (nSPS) is 11.9. The molecule has 0 aliphatic heterocycles. The molecular weight excluding hydrogens is 242 g/mol. The van der Waals surface area contributed by atoms with Gasteiger partial charge in [-0.15, -0.1) is 0 Å². The first-order valence-electron chi connectivity index (χ1n) is 4.26. The van der Waals surface area contributed by atoms with Gasteiger partial charge >= 0.3 is 0 Å². The lowest BCUT2D eigenvalue weighted by Crippen LogP contribution is -2.10. The Morgan fingerprint density at radius 1 is 1.57 bits per heavy atom. The minimum absolute atomic E-state index is 0.119. The van der Waals surface area contributed by atoms with Gasteiger partial charge in [0.2, 0.25) is 0 Å². The van der Waals surface area contributed by atoms with E-state index >= 15 is 0 Å². The Morgan fingerprint density at radius 3 is 2.79 bits per heavy atom. The molecule has 1 rings (SSSR count).